The number of rotatable bonds is 5. The van der Waals surface area contributed by atoms with Crippen LogP contribution in [-0.4, -0.2) is 37.0 Å². The molecule has 3 aromatic rings. The van der Waals surface area contributed by atoms with E-state index in [2.05, 4.69) is 0 Å². The molecule has 0 N–H and O–H groups in total. The van der Waals surface area contributed by atoms with Crippen molar-refractivity contribution in [1.82, 2.24) is 0 Å². The molecule has 6 nitrogen and oxygen atoms in total. The maximum Gasteiger partial charge on any atom is 0.264 e. The highest BCUT2D eigenvalue weighted by Crippen LogP contribution is 2.44. The number of hydrogen-bond donors (Lipinski definition) is 0. The van der Waals surface area contributed by atoms with Crippen molar-refractivity contribution in [3.8, 4) is 5.75 Å². The molecule has 156 valence electrons. The molecule has 5 rings (SSSR count). The molecule has 1 amide bonds. The monoisotopic (exact) mass is 414 g/mol. The highest BCUT2D eigenvalue weighted by atomic mass is 16.7. The van der Waals surface area contributed by atoms with Gasteiger partial charge in [0, 0.05) is 17.7 Å². The first-order valence-corrected chi connectivity index (χ1v) is 10.2. The van der Waals surface area contributed by atoms with Gasteiger partial charge in [-0.1, -0.05) is 48.5 Å². The van der Waals surface area contributed by atoms with Crippen molar-refractivity contribution in [3.05, 3.63) is 90.5 Å². The second-order valence-electron chi connectivity index (χ2n) is 7.79. The average molecular weight is 414 g/mol. The zero-order valence-electron chi connectivity index (χ0n) is 17.1. The van der Waals surface area contributed by atoms with Crippen molar-refractivity contribution in [1.29, 1.82) is 0 Å². The predicted molar refractivity (Wildman–Crippen MR) is 117 cm³/mol. The number of amides is 1. The van der Waals surface area contributed by atoms with E-state index in [0.717, 1.165) is 17.1 Å². The lowest BCUT2D eigenvalue weighted by atomic mass is 9.84. The van der Waals surface area contributed by atoms with Gasteiger partial charge in [0.25, 0.3) is 5.91 Å². The molecule has 2 unspecified atom stereocenters. The van der Waals surface area contributed by atoms with Crippen molar-refractivity contribution in [2.24, 2.45) is 0 Å². The third-order valence-electron chi connectivity index (χ3n) is 5.88. The fourth-order valence-corrected chi connectivity index (χ4v) is 4.23. The third kappa shape index (κ3) is 3.25. The molecule has 2 aliphatic rings. The van der Waals surface area contributed by atoms with E-state index in [1.54, 1.807) is 29.2 Å². The zero-order valence-corrected chi connectivity index (χ0v) is 17.1. The average Bonchev–Trinajstić information content (AvgIpc) is 3.26. The summed E-state index contributed by atoms with van der Waals surface area (Å²) >= 11 is 0. The normalized spacial score (nSPS) is 22.5. The molecular formula is C25H22N2O4. The number of hydrogen-bond acceptors (Lipinski definition) is 5. The van der Waals surface area contributed by atoms with E-state index in [9.17, 15) is 9.59 Å². The number of methoxy groups -OCH3 is 1. The summed E-state index contributed by atoms with van der Waals surface area (Å²) in [5.74, 6) is 0.534. The van der Waals surface area contributed by atoms with Crippen molar-refractivity contribution in [3.63, 3.8) is 0 Å². The van der Waals surface area contributed by atoms with Gasteiger partial charge in [0.2, 0.25) is 0 Å². The maximum absolute atomic E-state index is 13.3. The molecule has 1 spiro atoms. The molecule has 0 aromatic heterocycles. The van der Waals surface area contributed by atoms with E-state index in [-0.39, 0.29) is 11.7 Å². The second-order valence-corrected chi connectivity index (χ2v) is 7.79. The highest BCUT2D eigenvalue weighted by molar-refractivity contribution is 6.09. The number of ketones is 1. The topological polar surface area (TPSA) is 59.1 Å². The molecular weight excluding hydrogens is 392 g/mol. The molecule has 0 saturated carbocycles. The quantitative estimate of drug-likeness (QED) is 0.469. The minimum absolute atomic E-state index is 0.0583. The number of ether oxygens (including phenoxy) is 1. The number of carbonyl (C=O) groups is 2. The summed E-state index contributed by atoms with van der Waals surface area (Å²) in [5.41, 5.74) is 1.10. The first kappa shape index (κ1) is 19.3. The largest absolute Gasteiger partial charge is 0.497 e. The lowest BCUT2D eigenvalue weighted by molar-refractivity contribution is -0.149. The van der Waals surface area contributed by atoms with Gasteiger partial charge in [-0.05, 0) is 36.4 Å². The molecule has 2 saturated heterocycles. The van der Waals surface area contributed by atoms with Crippen LogP contribution in [-0.2, 0) is 9.63 Å². The van der Waals surface area contributed by atoms with Crippen molar-refractivity contribution in [2.75, 3.05) is 23.6 Å². The summed E-state index contributed by atoms with van der Waals surface area (Å²) in [5, 5.41) is 1.61. The van der Waals surface area contributed by atoms with Crippen LogP contribution in [0.3, 0.4) is 0 Å². The Hall–Kier alpha value is -3.64. The summed E-state index contributed by atoms with van der Waals surface area (Å²) in [6.45, 7) is 0.389. The SMILES string of the molecule is COc1ccc(N2CC3(CC(C(=O)c4ccccc4)N(c4ccccc4)O3)C2=O)cc1. The summed E-state index contributed by atoms with van der Waals surface area (Å²) in [7, 11) is 1.60. The van der Waals surface area contributed by atoms with Gasteiger partial charge in [0.15, 0.2) is 11.4 Å². The number of carbonyl (C=O) groups excluding carboxylic acids is 2. The number of Topliss-reactive ketones (excluding diaryl/α,β-unsaturated/α-hetero) is 1. The van der Waals surface area contributed by atoms with Crippen LogP contribution in [0, 0.1) is 0 Å². The van der Waals surface area contributed by atoms with Crippen molar-refractivity contribution >= 4 is 23.1 Å². The molecule has 31 heavy (non-hydrogen) atoms. The van der Waals surface area contributed by atoms with Crippen LogP contribution in [0.25, 0.3) is 0 Å². The number of benzene rings is 3. The Morgan fingerprint density at radius 3 is 2.19 bits per heavy atom. The molecule has 2 heterocycles. The molecule has 0 bridgehead atoms. The van der Waals surface area contributed by atoms with Gasteiger partial charge in [-0.25, -0.2) is 5.06 Å². The van der Waals surface area contributed by atoms with Crippen LogP contribution in [0.2, 0.25) is 0 Å². The summed E-state index contributed by atoms with van der Waals surface area (Å²) in [6, 6.07) is 25.4. The smallest absolute Gasteiger partial charge is 0.264 e. The summed E-state index contributed by atoms with van der Waals surface area (Å²) in [4.78, 5) is 34.5. The van der Waals surface area contributed by atoms with Crippen LogP contribution >= 0.6 is 0 Å². The zero-order chi connectivity index (χ0) is 21.4. The van der Waals surface area contributed by atoms with E-state index >= 15 is 0 Å². The molecule has 2 atom stereocenters. The fraction of sp³-hybridized carbons (Fsp3) is 0.200. The van der Waals surface area contributed by atoms with Gasteiger partial charge in [-0.15, -0.1) is 0 Å². The van der Waals surface area contributed by atoms with Crippen LogP contribution in [0.4, 0.5) is 11.4 Å². The van der Waals surface area contributed by atoms with Crippen molar-refractivity contribution in [2.45, 2.75) is 18.1 Å². The maximum atomic E-state index is 13.3. The summed E-state index contributed by atoms with van der Waals surface area (Å²) in [6.07, 6.45) is 0.307. The van der Waals surface area contributed by atoms with Gasteiger partial charge in [-0.3, -0.25) is 14.4 Å². The Morgan fingerprint density at radius 2 is 1.58 bits per heavy atom. The highest BCUT2D eigenvalue weighted by Gasteiger charge is 2.62. The van der Waals surface area contributed by atoms with Gasteiger partial charge in [-0.2, -0.15) is 0 Å². The Kier molecular flexibility index (Phi) is 4.71. The lowest BCUT2D eigenvalue weighted by Crippen LogP contribution is -2.67. The molecule has 2 fully saturated rings. The van der Waals surface area contributed by atoms with E-state index in [1.807, 2.05) is 72.8 Å². The Balaban J connectivity index is 1.43. The first-order valence-electron chi connectivity index (χ1n) is 10.2. The fourth-order valence-electron chi connectivity index (χ4n) is 4.23. The Bertz CT molecular complexity index is 1100. The Morgan fingerprint density at radius 1 is 0.935 bits per heavy atom. The number of β-lactam (4-membered cyclic amide) rings is 1. The van der Waals surface area contributed by atoms with Gasteiger partial charge in [0.1, 0.15) is 11.8 Å². The van der Waals surface area contributed by atoms with Gasteiger partial charge in [0.05, 0.1) is 19.3 Å². The number of nitrogens with zero attached hydrogens (tertiary/aromatic N) is 2. The van der Waals surface area contributed by atoms with E-state index in [0.29, 0.717) is 18.5 Å². The Labute approximate surface area is 180 Å². The van der Waals surface area contributed by atoms with Gasteiger partial charge >= 0.3 is 0 Å². The first-order chi connectivity index (χ1) is 15.1. The third-order valence-corrected chi connectivity index (χ3v) is 5.88. The summed E-state index contributed by atoms with van der Waals surface area (Å²) < 4.78 is 5.19. The minimum Gasteiger partial charge on any atom is -0.497 e. The van der Waals surface area contributed by atoms with Crippen LogP contribution in [0.1, 0.15) is 16.8 Å². The number of anilines is 2. The van der Waals surface area contributed by atoms with E-state index in [4.69, 9.17) is 9.57 Å². The standard InChI is InChI=1S/C25H22N2O4/c1-30-21-14-12-19(13-15-21)26-17-25(24(26)29)16-22(23(28)18-8-4-2-5-9-18)27(31-25)20-10-6-3-7-11-20/h2-15,22H,16-17H2,1H3. The molecule has 0 aliphatic carbocycles. The molecule has 0 radical (unpaired) electrons. The van der Waals surface area contributed by atoms with Gasteiger partial charge < -0.3 is 9.64 Å². The number of hydroxylamine groups is 1. The van der Waals surface area contributed by atoms with Crippen LogP contribution in [0.5, 0.6) is 5.75 Å². The van der Waals surface area contributed by atoms with E-state index < -0.39 is 11.6 Å². The predicted octanol–water partition coefficient (Wildman–Crippen LogP) is 3.87. The van der Waals surface area contributed by atoms with Crippen LogP contribution in [0.15, 0.2) is 84.9 Å². The van der Waals surface area contributed by atoms with Crippen molar-refractivity contribution < 1.29 is 19.2 Å². The number of para-hydroxylation sites is 1. The van der Waals surface area contributed by atoms with Crippen LogP contribution < -0.4 is 14.7 Å². The molecule has 6 heteroatoms. The molecule has 3 aromatic carbocycles. The molecule has 2 aliphatic heterocycles. The lowest BCUT2D eigenvalue weighted by Gasteiger charge is -2.45. The van der Waals surface area contributed by atoms with E-state index in [1.165, 1.54) is 0 Å². The minimum atomic E-state index is -1.04. The second kappa shape index (κ2) is 7.56.